The Kier molecular flexibility index (Phi) is 8.51. The van der Waals surface area contributed by atoms with Crippen LogP contribution in [0.3, 0.4) is 0 Å². The number of likely N-dealkylation sites (tertiary alicyclic amines) is 1. The summed E-state index contributed by atoms with van der Waals surface area (Å²) in [5, 5.41) is 0. The fraction of sp³-hybridized carbons (Fsp3) is 0.652. The van der Waals surface area contributed by atoms with E-state index in [0.29, 0.717) is 19.6 Å². The Morgan fingerprint density at radius 1 is 0.867 bits per heavy atom. The van der Waals surface area contributed by atoms with Crippen LogP contribution in [-0.4, -0.2) is 97.9 Å². The lowest BCUT2D eigenvalue weighted by molar-refractivity contribution is -0.134. The number of carbonyl (C=O) groups is 2. The minimum atomic E-state index is 0.125. The number of ether oxygens (including phenoxy) is 1. The zero-order valence-corrected chi connectivity index (χ0v) is 18.5. The largest absolute Gasteiger partial charge is 0.497 e. The molecule has 2 saturated heterocycles. The second-order valence-corrected chi connectivity index (χ2v) is 8.45. The first-order valence-electron chi connectivity index (χ1n) is 11.1. The van der Waals surface area contributed by atoms with Gasteiger partial charge in [0.25, 0.3) is 0 Å². The summed E-state index contributed by atoms with van der Waals surface area (Å²) in [5.74, 6) is 1.21. The number of carbonyl (C=O) groups excluding carboxylic acids is 2. The van der Waals surface area contributed by atoms with E-state index in [1.807, 2.05) is 36.2 Å². The summed E-state index contributed by atoms with van der Waals surface area (Å²) in [6.45, 7) is 6.70. The molecule has 2 amide bonds. The van der Waals surface area contributed by atoms with Gasteiger partial charge >= 0.3 is 0 Å². The van der Waals surface area contributed by atoms with Crippen molar-refractivity contribution >= 4 is 11.8 Å². The number of benzene rings is 1. The monoisotopic (exact) mass is 416 g/mol. The average Bonchev–Trinajstić information content (AvgIpc) is 3.05. The highest BCUT2D eigenvalue weighted by Gasteiger charge is 2.24. The molecule has 0 saturated carbocycles. The summed E-state index contributed by atoms with van der Waals surface area (Å²) < 4.78 is 5.18. The molecule has 0 bridgehead atoms. The molecule has 1 aromatic rings. The summed E-state index contributed by atoms with van der Waals surface area (Å²) in [6.07, 6.45) is 4.74. The number of piperazine rings is 1. The molecule has 0 radical (unpaired) electrons. The Morgan fingerprint density at radius 3 is 2.00 bits per heavy atom. The van der Waals surface area contributed by atoms with Gasteiger partial charge < -0.3 is 14.5 Å². The summed E-state index contributed by atoms with van der Waals surface area (Å²) in [5.41, 5.74) is 1.09. The second-order valence-electron chi connectivity index (χ2n) is 8.45. The van der Waals surface area contributed by atoms with Crippen LogP contribution in [0.25, 0.3) is 0 Å². The predicted octanol–water partition coefficient (Wildman–Crippen LogP) is 1.67. The summed E-state index contributed by atoms with van der Waals surface area (Å²) >= 11 is 0. The van der Waals surface area contributed by atoms with Gasteiger partial charge in [-0.15, -0.1) is 0 Å². The highest BCUT2D eigenvalue weighted by Crippen LogP contribution is 2.13. The molecule has 1 aromatic carbocycles. The molecule has 30 heavy (non-hydrogen) atoms. The first-order chi connectivity index (χ1) is 14.5. The quantitative estimate of drug-likeness (QED) is 0.677. The highest BCUT2D eigenvalue weighted by atomic mass is 16.5. The van der Waals surface area contributed by atoms with E-state index in [4.69, 9.17) is 4.74 Å². The van der Waals surface area contributed by atoms with Gasteiger partial charge in [0, 0.05) is 52.9 Å². The van der Waals surface area contributed by atoms with Gasteiger partial charge in [-0.3, -0.25) is 19.4 Å². The Labute approximate surface area is 180 Å². The van der Waals surface area contributed by atoms with E-state index >= 15 is 0 Å². The smallest absolute Gasteiger partial charge is 0.236 e. The van der Waals surface area contributed by atoms with Crippen molar-refractivity contribution in [1.82, 2.24) is 19.6 Å². The molecule has 166 valence electrons. The van der Waals surface area contributed by atoms with Crippen LogP contribution in [0.4, 0.5) is 0 Å². The van der Waals surface area contributed by atoms with Crippen LogP contribution >= 0.6 is 0 Å². The molecule has 2 fully saturated rings. The molecule has 3 rings (SSSR count). The van der Waals surface area contributed by atoms with Gasteiger partial charge in [-0.05, 0) is 30.5 Å². The highest BCUT2D eigenvalue weighted by molar-refractivity contribution is 5.78. The normalized spacial score (nSPS) is 18.7. The first kappa shape index (κ1) is 22.6. The Morgan fingerprint density at radius 2 is 1.43 bits per heavy atom. The van der Waals surface area contributed by atoms with Crippen molar-refractivity contribution in [3.8, 4) is 5.75 Å². The SMILES string of the molecule is COc1ccc(CN(C)C(=O)CN2CCN(CC(=O)N3CCCCCC3)CC2)cc1. The number of hydrogen-bond acceptors (Lipinski definition) is 5. The van der Waals surface area contributed by atoms with E-state index in [1.54, 1.807) is 12.0 Å². The molecular weight excluding hydrogens is 380 g/mol. The number of likely N-dealkylation sites (N-methyl/N-ethyl adjacent to an activating group) is 1. The molecule has 2 aliphatic rings. The van der Waals surface area contributed by atoms with E-state index in [2.05, 4.69) is 9.80 Å². The number of methoxy groups -OCH3 is 1. The standard InChI is InChI=1S/C23H36N4O3/c1-24(17-20-7-9-21(30-2)10-8-20)22(28)18-25-13-15-26(16-14-25)19-23(29)27-11-5-3-4-6-12-27/h7-10H,3-6,11-19H2,1-2H3. The lowest BCUT2D eigenvalue weighted by Gasteiger charge is -2.35. The van der Waals surface area contributed by atoms with Crippen LogP contribution in [-0.2, 0) is 16.1 Å². The van der Waals surface area contributed by atoms with Crippen molar-refractivity contribution in [3.63, 3.8) is 0 Å². The van der Waals surface area contributed by atoms with E-state index in [0.717, 1.165) is 63.4 Å². The number of nitrogens with zero attached hydrogens (tertiary/aromatic N) is 4. The first-order valence-corrected chi connectivity index (χ1v) is 11.1. The Hall–Kier alpha value is -2.12. The van der Waals surface area contributed by atoms with Crippen LogP contribution in [0.2, 0.25) is 0 Å². The molecule has 7 heteroatoms. The summed E-state index contributed by atoms with van der Waals surface area (Å²) in [6, 6.07) is 7.81. The van der Waals surface area contributed by atoms with Gasteiger partial charge in [-0.25, -0.2) is 0 Å². The Balaban J connectivity index is 1.37. The topological polar surface area (TPSA) is 56.3 Å². The predicted molar refractivity (Wildman–Crippen MR) is 117 cm³/mol. The third-order valence-corrected chi connectivity index (χ3v) is 6.15. The fourth-order valence-electron chi connectivity index (χ4n) is 4.12. The minimum Gasteiger partial charge on any atom is -0.497 e. The molecule has 2 aliphatic heterocycles. The molecule has 0 spiro atoms. The van der Waals surface area contributed by atoms with Gasteiger partial charge in [0.1, 0.15) is 5.75 Å². The maximum absolute atomic E-state index is 12.6. The maximum Gasteiger partial charge on any atom is 0.236 e. The molecule has 0 aromatic heterocycles. The third kappa shape index (κ3) is 6.71. The van der Waals surface area contributed by atoms with Crippen LogP contribution in [0.5, 0.6) is 5.75 Å². The van der Waals surface area contributed by atoms with Crippen molar-refractivity contribution in [3.05, 3.63) is 29.8 Å². The maximum atomic E-state index is 12.6. The third-order valence-electron chi connectivity index (χ3n) is 6.15. The van der Waals surface area contributed by atoms with Gasteiger partial charge in [-0.2, -0.15) is 0 Å². The second kappa shape index (κ2) is 11.3. The van der Waals surface area contributed by atoms with Crippen molar-refractivity contribution < 1.29 is 14.3 Å². The summed E-state index contributed by atoms with van der Waals surface area (Å²) in [7, 11) is 3.50. The molecule has 0 N–H and O–H groups in total. The summed E-state index contributed by atoms with van der Waals surface area (Å²) in [4.78, 5) is 33.4. The van der Waals surface area contributed by atoms with Gasteiger partial charge in [-0.1, -0.05) is 25.0 Å². The minimum absolute atomic E-state index is 0.125. The molecule has 2 heterocycles. The molecule has 0 atom stereocenters. The molecule has 0 aliphatic carbocycles. The average molecular weight is 417 g/mol. The van der Waals surface area contributed by atoms with Crippen molar-refractivity contribution in [2.45, 2.75) is 32.2 Å². The fourth-order valence-corrected chi connectivity index (χ4v) is 4.12. The lowest BCUT2D eigenvalue weighted by Crippen LogP contribution is -2.52. The Bertz CT molecular complexity index is 678. The van der Waals surface area contributed by atoms with Crippen LogP contribution in [0.1, 0.15) is 31.2 Å². The van der Waals surface area contributed by atoms with E-state index in [9.17, 15) is 9.59 Å². The van der Waals surface area contributed by atoms with E-state index in [-0.39, 0.29) is 11.8 Å². The van der Waals surface area contributed by atoms with Crippen molar-refractivity contribution in [2.24, 2.45) is 0 Å². The van der Waals surface area contributed by atoms with Gasteiger partial charge in [0.15, 0.2) is 0 Å². The lowest BCUT2D eigenvalue weighted by atomic mass is 10.2. The number of hydrogen-bond donors (Lipinski definition) is 0. The molecule has 0 unspecified atom stereocenters. The van der Waals surface area contributed by atoms with Gasteiger partial charge in [0.2, 0.25) is 11.8 Å². The van der Waals surface area contributed by atoms with Crippen LogP contribution in [0, 0.1) is 0 Å². The number of rotatable bonds is 7. The molecule has 7 nitrogen and oxygen atoms in total. The van der Waals surface area contributed by atoms with Crippen LogP contribution < -0.4 is 4.74 Å². The molecular formula is C23H36N4O3. The van der Waals surface area contributed by atoms with Crippen LogP contribution in [0.15, 0.2) is 24.3 Å². The van der Waals surface area contributed by atoms with Crippen molar-refractivity contribution in [2.75, 3.05) is 66.5 Å². The van der Waals surface area contributed by atoms with E-state index < -0.39 is 0 Å². The number of amides is 2. The zero-order chi connectivity index (χ0) is 21.3. The van der Waals surface area contributed by atoms with Gasteiger partial charge in [0.05, 0.1) is 20.2 Å². The zero-order valence-electron chi connectivity index (χ0n) is 18.5. The van der Waals surface area contributed by atoms with Crippen molar-refractivity contribution in [1.29, 1.82) is 0 Å². The van der Waals surface area contributed by atoms with E-state index in [1.165, 1.54) is 12.8 Å².